The molecule has 2 N–H and O–H groups in total. The zero-order valence-electron chi connectivity index (χ0n) is 19.6. The molecule has 3 aliphatic heterocycles. The van der Waals surface area contributed by atoms with Crippen molar-refractivity contribution in [3.05, 3.63) is 87.6 Å². The van der Waals surface area contributed by atoms with Crippen LogP contribution < -0.4 is 10.7 Å². The molecule has 4 heterocycles. The summed E-state index contributed by atoms with van der Waals surface area (Å²) in [6, 6.07) is 3.11. The average Bonchev–Trinajstić information content (AvgIpc) is 3.36. The smallest absolute Gasteiger partial charge is 0.275 e. The summed E-state index contributed by atoms with van der Waals surface area (Å²) < 4.78 is 28.3. The first-order valence-corrected chi connectivity index (χ1v) is 11.9. The van der Waals surface area contributed by atoms with Crippen LogP contribution in [0.25, 0.3) is 0 Å². The first kappa shape index (κ1) is 24.4. The van der Waals surface area contributed by atoms with Gasteiger partial charge in [-0.2, -0.15) is 0 Å². The summed E-state index contributed by atoms with van der Waals surface area (Å²) in [6.45, 7) is 0.148. The second kappa shape index (κ2) is 10.00. The molecule has 0 spiro atoms. The minimum Gasteiger partial charge on any atom is -0.503 e. The van der Waals surface area contributed by atoms with Crippen LogP contribution in [0.15, 0.2) is 58.8 Å². The van der Waals surface area contributed by atoms with Gasteiger partial charge in [-0.05, 0) is 43.4 Å². The molecule has 3 atom stereocenters. The molecule has 2 amide bonds. The third-order valence-corrected chi connectivity index (χ3v) is 7.09. The summed E-state index contributed by atoms with van der Waals surface area (Å²) >= 11 is 0. The third kappa shape index (κ3) is 4.64. The van der Waals surface area contributed by atoms with Gasteiger partial charge in [0, 0.05) is 37.0 Å². The Labute approximate surface area is 210 Å². The molecule has 37 heavy (non-hydrogen) atoms. The van der Waals surface area contributed by atoms with Crippen molar-refractivity contribution in [2.45, 2.75) is 44.4 Å². The molecular weight excluding hydrogens is 486 g/mol. The predicted molar refractivity (Wildman–Crippen MR) is 129 cm³/mol. The van der Waals surface area contributed by atoms with Crippen LogP contribution in [0.3, 0.4) is 0 Å². The highest BCUT2D eigenvalue weighted by molar-refractivity contribution is 5.99. The predicted octanol–water partition coefficient (Wildman–Crippen LogP) is 2.84. The van der Waals surface area contributed by atoms with E-state index in [4.69, 9.17) is 0 Å². The van der Waals surface area contributed by atoms with E-state index in [-0.39, 0.29) is 41.4 Å². The number of aromatic nitrogens is 1. The number of piperidine rings is 1. The normalized spacial score (nSPS) is 22.5. The molecule has 1 aromatic carbocycles. The maximum Gasteiger partial charge on any atom is 0.275 e. The molecule has 2 aromatic rings. The maximum atomic E-state index is 13.8. The van der Waals surface area contributed by atoms with Crippen LogP contribution in [0.2, 0.25) is 0 Å². The number of benzene rings is 1. The van der Waals surface area contributed by atoms with Crippen LogP contribution in [-0.2, 0) is 17.9 Å². The fourth-order valence-corrected chi connectivity index (χ4v) is 5.38. The minimum atomic E-state index is -0.950. The van der Waals surface area contributed by atoms with Crippen LogP contribution in [0.5, 0.6) is 5.75 Å². The lowest BCUT2D eigenvalue weighted by atomic mass is 9.95. The van der Waals surface area contributed by atoms with Crippen molar-refractivity contribution in [1.82, 2.24) is 14.8 Å². The topological polar surface area (TPSA) is 113 Å². The van der Waals surface area contributed by atoms with E-state index in [1.807, 2.05) is 6.08 Å². The number of allylic oxidation sites excluding steroid dienone is 3. The van der Waals surface area contributed by atoms with Crippen LogP contribution in [-0.4, -0.2) is 44.7 Å². The average molecular weight is 510 g/mol. The van der Waals surface area contributed by atoms with Gasteiger partial charge < -0.3 is 24.7 Å². The largest absolute Gasteiger partial charge is 0.503 e. The van der Waals surface area contributed by atoms with Gasteiger partial charge in [0.05, 0.1) is 12.3 Å². The lowest BCUT2D eigenvalue weighted by molar-refractivity contribution is 0.0482. The molecule has 1 saturated heterocycles. The third-order valence-electron chi connectivity index (χ3n) is 7.09. The second-order valence-electron chi connectivity index (χ2n) is 9.22. The van der Waals surface area contributed by atoms with Crippen molar-refractivity contribution in [3.8, 4) is 5.75 Å². The van der Waals surface area contributed by atoms with Crippen molar-refractivity contribution in [2.24, 2.45) is 11.1 Å². The second-order valence-corrected chi connectivity index (χ2v) is 9.22. The Morgan fingerprint density at radius 1 is 1.19 bits per heavy atom. The van der Waals surface area contributed by atoms with Gasteiger partial charge in [-0.3, -0.25) is 14.4 Å². The first-order chi connectivity index (χ1) is 17.8. The van der Waals surface area contributed by atoms with Gasteiger partial charge in [-0.25, -0.2) is 8.78 Å². The highest BCUT2D eigenvalue weighted by Gasteiger charge is 2.51. The number of hydrogen-bond donors (Lipinski definition) is 2. The summed E-state index contributed by atoms with van der Waals surface area (Å²) in [7, 11) is 0. The number of rotatable bonds is 3. The van der Waals surface area contributed by atoms with Gasteiger partial charge in [-0.1, -0.05) is 17.3 Å². The summed E-state index contributed by atoms with van der Waals surface area (Å²) in [5, 5.41) is 16.3. The number of nitrogens with one attached hydrogen (secondary N) is 1. The van der Waals surface area contributed by atoms with Gasteiger partial charge in [0.1, 0.15) is 23.5 Å². The number of nitrogens with zero attached hydrogens (tertiary/aromatic N) is 3. The molecule has 2 fully saturated rings. The first-order valence-electron chi connectivity index (χ1n) is 11.9. The highest BCUT2D eigenvalue weighted by Crippen LogP contribution is 2.45. The Hall–Kier alpha value is -4.28. The molecule has 6 rings (SSSR count). The number of hydrogen-bond acceptors (Lipinski definition) is 6. The minimum absolute atomic E-state index is 0.00475. The van der Waals surface area contributed by atoms with Crippen molar-refractivity contribution < 1.29 is 28.3 Å². The van der Waals surface area contributed by atoms with Crippen LogP contribution in [0, 0.1) is 17.6 Å². The zero-order chi connectivity index (χ0) is 26.1. The summed E-state index contributed by atoms with van der Waals surface area (Å²) in [4.78, 5) is 44.4. The Kier molecular flexibility index (Phi) is 6.60. The summed E-state index contributed by atoms with van der Waals surface area (Å²) in [5.41, 5.74) is -1.32. The Morgan fingerprint density at radius 3 is 2.84 bits per heavy atom. The molecule has 1 aromatic heterocycles. The Balaban J connectivity index is 0.000000348. The maximum absolute atomic E-state index is 13.8. The molecular formula is C26H24F2N4O5. The Bertz CT molecular complexity index is 1390. The van der Waals surface area contributed by atoms with E-state index in [9.17, 15) is 28.3 Å². The van der Waals surface area contributed by atoms with Gasteiger partial charge in [0.2, 0.25) is 5.43 Å². The van der Waals surface area contributed by atoms with E-state index in [1.54, 1.807) is 23.3 Å². The molecule has 0 unspecified atom stereocenters. The summed E-state index contributed by atoms with van der Waals surface area (Å²) in [6.07, 6.45) is 12.7. The van der Waals surface area contributed by atoms with Gasteiger partial charge in [0.15, 0.2) is 11.4 Å². The molecule has 192 valence electrons. The quantitative estimate of drug-likeness (QED) is 0.660. The van der Waals surface area contributed by atoms with E-state index >= 15 is 0 Å². The standard InChI is InChI=1S/C21H19F2N3O4.C5H5NO/c22-12-3-1-11(15(23)6-12)7-24-20(29)14-8-25-9-16-10-2-4-13(5-10)26(16)21(30)17(25)19(28)18(14)27;1-2-4-6-7-5-3-1/h1,3,6,8,10,13,16,28H,2,4-5,7,9H2,(H,24,29);1-5H/t10-,13+,16+;/m1./s1. The number of halogens is 2. The molecule has 4 aliphatic rings. The lowest BCUT2D eigenvalue weighted by Crippen LogP contribution is -2.52. The van der Waals surface area contributed by atoms with Gasteiger partial charge in [-0.15, -0.1) is 0 Å². The highest BCUT2D eigenvalue weighted by atomic mass is 19.1. The monoisotopic (exact) mass is 510 g/mol. The number of aromatic hydroxyl groups is 1. The van der Waals surface area contributed by atoms with E-state index in [0.717, 1.165) is 25.3 Å². The van der Waals surface area contributed by atoms with E-state index in [2.05, 4.69) is 15.3 Å². The number of pyridine rings is 1. The van der Waals surface area contributed by atoms with Crippen LogP contribution in [0.1, 0.15) is 45.7 Å². The zero-order valence-corrected chi connectivity index (χ0v) is 19.6. The number of carbonyl (C=O) groups excluding carboxylic acids is 2. The van der Waals surface area contributed by atoms with E-state index in [0.29, 0.717) is 18.5 Å². The number of carbonyl (C=O) groups is 2. The Morgan fingerprint density at radius 2 is 2.03 bits per heavy atom. The molecule has 1 aliphatic carbocycles. The summed E-state index contributed by atoms with van der Waals surface area (Å²) in [5.74, 6) is -3.11. The number of amides is 2. The lowest BCUT2D eigenvalue weighted by Gasteiger charge is -2.40. The van der Waals surface area contributed by atoms with Crippen LogP contribution in [0.4, 0.5) is 8.78 Å². The fraction of sp³-hybridized carbons (Fsp3) is 0.308. The molecule has 9 nitrogen and oxygen atoms in total. The van der Waals surface area contributed by atoms with E-state index in [1.165, 1.54) is 23.1 Å². The van der Waals surface area contributed by atoms with Crippen LogP contribution >= 0.6 is 0 Å². The van der Waals surface area contributed by atoms with Crippen molar-refractivity contribution >= 4 is 18.0 Å². The van der Waals surface area contributed by atoms with Gasteiger partial charge >= 0.3 is 0 Å². The molecule has 1 saturated carbocycles. The SMILES string of the molecule is C1=CC=NOC=C1.O=C(NCc1ccc(F)cc1F)c1cn2c(c(O)c1=O)C(=O)N1[C@H]3CC[C@H](C3)[C@@H]1C2. The van der Waals surface area contributed by atoms with Gasteiger partial charge in [0.25, 0.3) is 11.8 Å². The fourth-order valence-electron chi connectivity index (χ4n) is 5.38. The number of fused-ring (bicyclic) bond motifs is 6. The van der Waals surface area contributed by atoms with E-state index < -0.39 is 28.7 Å². The van der Waals surface area contributed by atoms with Crippen molar-refractivity contribution in [1.29, 1.82) is 0 Å². The molecule has 2 bridgehead atoms. The van der Waals surface area contributed by atoms with Crippen molar-refractivity contribution in [3.63, 3.8) is 0 Å². The molecule has 0 radical (unpaired) electrons. The molecule has 11 heteroatoms. The number of oxime groups is 1. The van der Waals surface area contributed by atoms with Crippen molar-refractivity contribution in [2.75, 3.05) is 0 Å².